The first kappa shape index (κ1) is 22.9. The molecule has 1 saturated heterocycles. The van der Waals surface area contributed by atoms with Crippen LogP contribution in [-0.4, -0.2) is 53.9 Å². The average Bonchev–Trinajstić information content (AvgIpc) is 3.44. The summed E-state index contributed by atoms with van der Waals surface area (Å²) < 4.78 is 58.3. The lowest BCUT2D eigenvalue weighted by atomic mass is 9.73. The molecule has 4 aliphatic rings. The Kier molecular flexibility index (Phi) is 5.45. The molecule has 0 aromatic heterocycles. The number of ether oxygens (including phenoxy) is 4. The highest BCUT2D eigenvalue weighted by atomic mass is 19.4. The first-order valence-corrected chi connectivity index (χ1v) is 11.5. The number of aliphatic hydroxyl groups is 1. The van der Waals surface area contributed by atoms with Crippen molar-refractivity contribution in [2.24, 2.45) is 0 Å². The van der Waals surface area contributed by atoms with Crippen molar-refractivity contribution in [3.63, 3.8) is 0 Å². The van der Waals surface area contributed by atoms with E-state index < -0.39 is 30.3 Å². The summed E-state index contributed by atoms with van der Waals surface area (Å²) in [6, 6.07) is 9.12. The summed E-state index contributed by atoms with van der Waals surface area (Å²) in [5, 5.41) is 11.0. The Morgan fingerprint density at radius 1 is 1.17 bits per heavy atom. The summed E-state index contributed by atoms with van der Waals surface area (Å²) in [7, 11) is 0. The van der Waals surface area contributed by atoms with Crippen LogP contribution in [0.15, 0.2) is 54.1 Å². The fourth-order valence-corrected chi connectivity index (χ4v) is 5.63. The molecule has 0 amide bonds. The monoisotopic (exact) mass is 501 g/mol. The first-order chi connectivity index (χ1) is 17.2. The Hall–Kier alpha value is -3.50. The van der Waals surface area contributed by atoms with E-state index in [1.807, 2.05) is 12.1 Å². The SMILES string of the molecule is O=C(/C=C/c1cccc(OC(F)(F)F)c1)O[C@H]1C2c3cc4c(cc3CN3CCC(=C[C@@H]1O)C23)OCO4. The maximum atomic E-state index is 12.8. The van der Waals surface area contributed by atoms with Gasteiger partial charge in [0.05, 0.1) is 0 Å². The predicted octanol–water partition coefficient (Wildman–Crippen LogP) is 3.91. The number of aliphatic hydroxyl groups excluding tert-OH is 1. The van der Waals surface area contributed by atoms with Gasteiger partial charge in [-0.3, -0.25) is 4.90 Å². The van der Waals surface area contributed by atoms with Gasteiger partial charge in [0.1, 0.15) is 18.0 Å². The number of hydrogen-bond donors (Lipinski definition) is 1. The van der Waals surface area contributed by atoms with E-state index in [-0.39, 0.29) is 18.8 Å². The van der Waals surface area contributed by atoms with Crippen LogP contribution in [0, 0.1) is 0 Å². The Morgan fingerprint density at radius 2 is 1.97 bits per heavy atom. The van der Waals surface area contributed by atoms with Crippen LogP contribution in [0.25, 0.3) is 6.08 Å². The molecule has 2 aromatic rings. The van der Waals surface area contributed by atoms with E-state index in [1.165, 1.54) is 24.3 Å². The van der Waals surface area contributed by atoms with E-state index in [0.717, 1.165) is 48.4 Å². The van der Waals surface area contributed by atoms with E-state index in [1.54, 1.807) is 6.08 Å². The molecule has 3 aliphatic heterocycles. The summed E-state index contributed by atoms with van der Waals surface area (Å²) in [4.78, 5) is 15.1. The van der Waals surface area contributed by atoms with Gasteiger partial charge in [0.2, 0.25) is 6.79 Å². The molecule has 0 spiro atoms. The van der Waals surface area contributed by atoms with Gasteiger partial charge in [-0.05, 0) is 53.5 Å². The molecule has 7 nitrogen and oxygen atoms in total. The Morgan fingerprint density at radius 3 is 2.78 bits per heavy atom. The van der Waals surface area contributed by atoms with Crippen molar-refractivity contribution in [3.05, 3.63) is 70.8 Å². The third kappa shape index (κ3) is 4.20. The van der Waals surface area contributed by atoms with Gasteiger partial charge in [0, 0.05) is 31.1 Å². The van der Waals surface area contributed by atoms with Gasteiger partial charge in [-0.1, -0.05) is 23.8 Å². The summed E-state index contributed by atoms with van der Waals surface area (Å²) in [5.74, 6) is -0.113. The second-order valence-electron chi connectivity index (χ2n) is 9.18. The molecule has 10 heteroatoms. The highest BCUT2D eigenvalue weighted by molar-refractivity contribution is 5.87. The smallest absolute Gasteiger partial charge is 0.455 e. The van der Waals surface area contributed by atoms with Crippen LogP contribution in [-0.2, 0) is 16.1 Å². The molecule has 4 atom stereocenters. The van der Waals surface area contributed by atoms with Gasteiger partial charge in [-0.2, -0.15) is 0 Å². The maximum Gasteiger partial charge on any atom is 0.573 e. The van der Waals surface area contributed by atoms with E-state index in [0.29, 0.717) is 17.1 Å². The van der Waals surface area contributed by atoms with Crippen molar-refractivity contribution in [2.75, 3.05) is 13.3 Å². The largest absolute Gasteiger partial charge is 0.573 e. The molecule has 6 rings (SSSR count). The molecule has 0 saturated carbocycles. The second-order valence-corrected chi connectivity index (χ2v) is 9.18. The number of halogens is 3. The van der Waals surface area contributed by atoms with Crippen LogP contribution in [0.4, 0.5) is 13.2 Å². The highest BCUT2D eigenvalue weighted by Crippen LogP contribution is 2.50. The Balaban J connectivity index is 1.26. The molecule has 2 aromatic carbocycles. The second kappa shape index (κ2) is 8.56. The average molecular weight is 501 g/mol. The minimum Gasteiger partial charge on any atom is -0.455 e. The number of hydrogen-bond acceptors (Lipinski definition) is 7. The number of nitrogens with zero attached hydrogens (tertiary/aromatic N) is 1. The van der Waals surface area contributed by atoms with Gasteiger partial charge in [0.25, 0.3) is 0 Å². The van der Waals surface area contributed by atoms with Crippen LogP contribution in [0.1, 0.15) is 29.0 Å². The molecule has 0 radical (unpaired) electrons. The summed E-state index contributed by atoms with van der Waals surface area (Å²) in [6.45, 7) is 1.70. The summed E-state index contributed by atoms with van der Waals surface area (Å²) >= 11 is 0. The number of rotatable bonds is 4. The fraction of sp³-hybridized carbons (Fsp3) is 0.346. The van der Waals surface area contributed by atoms with Crippen molar-refractivity contribution in [3.8, 4) is 17.2 Å². The number of fused-ring (bicyclic) bond motifs is 3. The number of alkyl halides is 3. The zero-order valence-electron chi connectivity index (χ0n) is 18.9. The molecular weight excluding hydrogens is 479 g/mol. The summed E-state index contributed by atoms with van der Waals surface area (Å²) in [6.07, 6.45) is -1.58. The van der Waals surface area contributed by atoms with Gasteiger partial charge in [-0.25, -0.2) is 4.79 Å². The number of carbonyl (C=O) groups excluding carboxylic acids is 1. The zero-order valence-corrected chi connectivity index (χ0v) is 18.9. The first-order valence-electron chi connectivity index (χ1n) is 11.5. The van der Waals surface area contributed by atoms with Crippen LogP contribution < -0.4 is 14.2 Å². The normalized spacial score (nSPS) is 26.4. The van der Waals surface area contributed by atoms with Gasteiger partial charge < -0.3 is 24.1 Å². The molecule has 188 valence electrons. The molecule has 0 bridgehead atoms. The van der Waals surface area contributed by atoms with Crippen LogP contribution in [0.2, 0.25) is 0 Å². The lowest BCUT2D eigenvalue weighted by Crippen LogP contribution is -2.51. The zero-order chi connectivity index (χ0) is 25.0. The van der Waals surface area contributed by atoms with E-state index in [4.69, 9.17) is 14.2 Å². The van der Waals surface area contributed by atoms with Crippen molar-refractivity contribution in [1.29, 1.82) is 0 Å². The van der Waals surface area contributed by atoms with Gasteiger partial charge in [0.15, 0.2) is 11.5 Å². The predicted molar refractivity (Wildman–Crippen MR) is 120 cm³/mol. The quantitative estimate of drug-likeness (QED) is 0.387. The number of benzene rings is 2. The van der Waals surface area contributed by atoms with E-state index >= 15 is 0 Å². The molecule has 36 heavy (non-hydrogen) atoms. The number of esters is 1. The van der Waals surface area contributed by atoms with Crippen molar-refractivity contribution < 1.29 is 42.0 Å². The molecular formula is C26H22F3NO6. The van der Waals surface area contributed by atoms with Crippen LogP contribution in [0.5, 0.6) is 17.2 Å². The molecule has 1 N–H and O–H groups in total. The standard InChI is InChI=1S/C26H22F3NO6/c27-26(28,29)36-17-3-1-2-14(8-17)4-5-22(32)35-25-19(31)9-15-6-7-30-12-16-10-20-21(34-13-33-20)11-18(16)23(25)24(15)30/h1-5,8-11,19,23-25,31H,6-7,12-13H2/b5-4+/t19-,23?,24?,25+/m0/s1. The third-order valence-electron chi connectivity index (χ3n) is 7.00. The Labute approximate surface area is 204 Å². The molecule has 1 aliphatic carbocycles. The third-order valence-corrected chi connectivity index (χ3v) is 7.00. The Bertz CT molecular complexity index is 1270. The van der Waals surface area contributed by atoms with Crippen LogP contribution in [0.3, 0.4) is 0 Å². The molecule has 2 unspecified atom stereocenters. The van der Waals surface area contributed by atoms with Gasteiger partial charge in [-0.15, -0.1) is 13.2 Å². The van der Waals surface area contributed by atoms with Crippen molar-refractivity contribution in [2.45, 2.75) is 43.5 Å². The molecule has 1 fully saturated rings. The molecule has 3 heterocycles. The minimum atomic E-state index is -4.81. The highest BCUT2D eigenvalue weighted by Gasteiger charge is 2.50. The lowest BCUT2D eigenvalue weighted by Gasteiger charge is -2.45. The lowest BCUT2D eigenvalue weighted by molar-refractivity contribution is -0.274. The van der Waals surface area contributed by atoms with E-state index in [2.05, 4.69) is 9.64 Å². The fourth-order valence-electron chi connectivity index (χ4n) is 5.63. The summed E-state index contributed by atoms with van der Waals surface area (Å²) in [5.41, 5.74) is 3.44. The van der Waals surface area contributed by atoms with E-state index in [9.17, 15) is 23.1 Å². The maximum absolute atomic E-state index is 12.8. The minimum absolute atomic E-state index is 0.000695. The van der Waals surface area contributed by atoms with Crippen molar-refractivity contribution >= 4 is 12.0 Å². The van der Waals surface area contributed by atoms with Gasteiger partial charge >= 0.3 is 12.3 Å². The number of carbonyl (C=O) groups is 1. The topological polar surface area (TPSA) is 77.5 Å². The van der Waals surface area contributed by atoms with Crippen LogP contribution >= 0.6 is 0 Å². The van der Waals surface area contributed by atoms with Crippen molar-refractivity contribution in [1.82, 2.24) is 4.90 Å².